The molecule has 1 aromatic rings. The third-order valence-corrected chi connectivity index (χ3v) is 3.97. The van der Waals surface area contributed by atoms with Crippen molar-refractivity contribution < 1.29 is 0 Å². The van der Waals surface area contributed by atoms with Gasteiger partial charge < -0.3 is 15.2 Å². The minimum atomic E-state index is -0.237. The molecule has 2 N–H and O–H groups in total. The summed E-state index contributed by atoms with van der Waals surface area (Å²) in [6.45, 7) is 7.53. The summed E-state index contributed by atoms with van der Waals surface area (Å²) in [5.41, 5.74) is 5.65. The van der Waals surface area contributed by atoms with Crippen LogP contribution >= 0.6 is 0 Å². The van der Waals surface area contributed by atoms with Gasteiger partial charge in [0.2, 0.25) is 0 Å². The Bertz CT molecular complexity index is 503. The fourth-order valence-corrected chi connectivity index (χ4v) is 2.83. The molecule has 0 spiro atoms. The van der Waals surface area contributed by atoms with Crippen LogP contribution in [0, 0.1) is 0 Å². The highest BCUT2D eigenvalue weighted by molar-refractivity contribution is 5.38. The van der Waals surface area contributed by atoms with Gasteiger partial charge >= 0.3 is 0 Å². The summed E-state index contributed by atoms with van der Waals surface area (Å²) in [7, 11) is 0. The normalized spacial score (nSPS) is 20.8. The molecular formula is C15H26N4O. The summed E-state index contributed by atoms with van der Waals surface area (Å²) in [5, 5.41) is 0. The number of nitrogens with zero attached hydrogens (tertiary/aromatic N) is 3. The Morgan fingerprint density at radius 2 is 2.10 bits per heavy atom. The summed E-state index contributed by atoms with van der Waals surface area (Å²) < 4.78 is 1.76. The first kappa shape index (κ1) is 15.0. The second-order valence-electron chi connectivity index (χ2n) is 6.53. The van der Waals surface area contributed by atoms with E-state index >= 15 is 0 Å². The molecule has 0 amide bonds. The molecule has 1 fully saturated rings. The third kappa shape index (κ3) is 3.03. The quantitative estimate of drug-likeness (QED) is 0.894. The third-order valence-electron chi connectivity index (χ3n) is 3.97. The molecule has 1 aliphatic rings. The van der Waals surface area contributed by atoms with E-state index in [0.29, 0.717) is 12.4 Å². The van der Waals surface area contributed by atoms with Crippen LogP contribution in [0.1, 0.15) is 46.5 Å². The molecule has 0 bridgehead atoms. The van der Waals surface area contributed by atoms with Gasteiger partial charge in [-0.25, -0.2) is 4.98 Å². The van der Waals surface area contributed by atoms with Gasteiger partial charge in [0.15, 0.2) is 5.82 Å². The van der Waals surface area contributed by atoms with Crippen molar-refractivity contribution in [1.82, 2.24) is 9.55 Å². The van der Waals surface area contributed by atoms with E-state index in [9.17, 15) is 4.79 Å². The molecule has 1 unspecified atom stereocenters. The summed E-state index contributed by atoms with van der Waals surface area (Å²) in [5.74, 6) is 0.555. The van der Waals surface area contributed by atoms with Crippen LogP contribution in [0.15, 0.2) is 17.2 Å². The topological polar surface area (TPSA) is 64.2 Å². The average Bonchev–Trinajstić information content (AvgIpc) is 2.62. The van der Waals surface area contributed by atoms with E-state index in [2.05, 4.69) is 9.88 Å². The first-order valence-corrected chi connectivity index (χ1v) is 7.50. The Kier molecular flexibility index (Phi) is 4.48. The molecule has 2 rings (SSSR count). The summed E-state index contributed by atoms with van der Waals surface area (Å²) in [6.07, 6.45) is 8.01. The number of aromatic nitrogens is 2. The van der Waals surface area contributed by atoms with Crippen molar-refractivity contribution >= 4 is 5.82 Å². The highest BCUT2D eigenvalue weighted by atomic mass is 16.1. The zero-order valence-electron chi connectivity index (χ0n) is 12.8. The first-order chi connectivity index (χ1) is 9.45. The Morgan fingerprint density at radius 3 is 2.75 bits per heavy atom. The molecule has 0 saturated carbocycles. The zero-order valence-corrected chi connectivity index (χ0v) is 12.8. The Balaban J connectivity index is 2.43. The van der Waals surface area contributed by atoms with Crippen molar-refractivity contribution in [3.05, 3.63) is 22.7 Å². The van der Waals surface area contributed by atoms with Crippen LogP contribution in [0.5, 0.6) is 0 Å². The molecule has 5 heteroatoms. The van der Waals surface area contributed by atoms with Gasteiger partial charge in [0.1, 0.15) is 0 Å². The minimum absolute atomic E-state index is 0.0136. The summed E-state index contributed by atoms with van der Waals surface area (Å²) in [4.78, 5) is 19.2. The van der Waals surface area contributed by atoms with Gasteiger partial charge in [-0.1, -0.05) is 12.8 Å². The fourth-order valence-electron chi connectivity index (χ4n) is 2.83. The van der Waals surface area contributed by atoms with Crippen LogP contribution in [0.2, 0.25) is 0 Å². The maximum Gasteiger partial charge on any atom is 0.293 e. The number of anilines is 1. The summed E-state index contributed by atoms with van der Waals surface area (Å²) in [6, 6.07) is 0.230. The SMILES string of the molecule is CC(C)(C)n1ccnc(N2CCCCCC2CN)c1=O. The van der Waals surface area contributed by atoms with Crippen LogP contribution in [0.3, 0.4) is 0 Å². The standard InChI is InChI=1S/C15H26N4O/c1-15(2,3)19-10-8-17-13(14(19)20)18-9-6-4-5-7-12(18)11-16/h8,10,12H,4-7,9,11,16H2,1-3H3. The Hall–Kier alpha value is -1.36. The lowest BCUT2D eigenvalue weighted by Gasteiger charge is -2.31. The maximum atomic E-state index is 12.7. The number of hydrogen-bond donors (Lipinski definition) is 1. The van der Waals surface area contributed by atoms with Crippen molar-refractivity contribution in [1.29, 1.82) is 0 Å². The maximum absolute atomic E-state index is 12.7. The van der Waals surface area contributed by atoms with Gasteiger partial charge in [-0.2, -0.15) is 0 Å². The lowest BCUT2D eigenvalue weighted by Crippen LogP contribution is -2.45. The molecular weight excluding hydrogens is 252 g/mol. The van der Waals surface area contributed by atoms with Crippen molar-refractivity contribution in [2.75, 3.05) is 18.0 Å². The van der Waals surface area contributed by atoms with Crippen LogP contribution in [0.25, 0.3) is 0 Å². The van der Waals surface area contributed by atoms with E-state index in [0.717, 1.165) is 19.4 Å². The molecule has 5 nitrogen and oxygen atoms in total. The van der Waals surface area contributed by atoms with Crippen LogP contribution in [-0.4, -0.2) is 28.7 Å². The lowest BCUT2D eigenvalue weighted by molar-refractivity contribution is 0.381. The van der Waals surface area contributed by atoms with Crippen molar-refractivity contribution in [2.45, 2.75) is 58.0 Å². The molecule has 1 aliphatic heterocycles. The van der Waals surface area contributed by atoms with E-state index in [-0.39, 0.29) is 17.1 Å². The predicted octanol–water partition coefficient (Wildman–Crippen LogP) is 1.71. The van der Waals surface area contributed by atoms with Gasteiger partial charge in [0.05, 0.1) is 0 Å². The molecule has 1 aromatic heterocycles. The largest absolute Gasteiger partial charge is 0.348 e. The summed E-state index contributed by atoms with van der Waals surface area (Å²) >= 11 is 0. The van der Waals surface area contributed by atoms with E-state index in [1.807, 2.05) is 20.8 Å². The molecule has 0 aromatic carbocycles. The highest BCUT2D eigenvalue weighted by Crippen LogP contribution is 2.20. The van der Waals surface area contributed by atoms with E-state index in [1.165, 1.54) is 12.8 Å². The van der Waals surface area contributed by atoms with Crippen LogP contribution in [0.4, 0.5) is 5.82 Å². The van der Waals surface area contributed by atoms with E-state index in [1.54, 1.807) is 17.0 Å². The second kappa shape index (κ2) is 5.95. The Labute approximate surface area is 120 Å². The molecule has 2 heterocycles. The van der Waals surface area contributed by atoms with Gasteiger partial charge in [0, 0.05) is 37.1 Å². The molecule has 0 aliphatic carbocycles. The predicted molar refractivity (Wildman–Crippen MR) is 82.1 cm³/mol. The Morgan fingerprint density at radius 1 is 1.35 bits per heavy atom. The van der Waals surface area contributed by atoms with Crippen molar-refractivity contribution in [3.63, 3.8) is 0 Å². The second-order valence-corrected chi connectivity index (χ2v) is 6.53. The molecule has 1 atom stereocenters. The molecule has 1 saturated heterocycles. The van der Waals surface area contributed by atoms with E-state index in [4.69, 9.17) is 5.73 Å². The first-order valence-electron chi connectivity index (χ1n) is 7.50. The van der Waals surface area contributed by atoms with Gasteiger partial charge in [0.25, 0.3) is 5.56 Å². The number of hydrogen-bond acceptors (Lipinski definition) is 4. The van der Waals surface area contributed by atoms with E-state index < -0.39 is 0 Å². The van der Waals surface area contributed by atoms with Gasteiger partial charge in [-0.15, -0.1) is 0 Å². The fraction of sp³-hybridized carbons (Fsp3) is 0.733. The molecule has 112 valence electrons. The number of nitrogens with two attached hydrogens (primary N) is 1. The highest BCUT2D eigenvalue weighted by Gasteiger charge is 2.25. The zero-order chi connectivity index (χ0) is 14.8. The van der Waals surface area contributed by atoms with Crippen LogP contribution < -0.4 is 16.2 Å². The lowest BCUT2D eigenvalue weighted by atomic mass is 10.1. The van der Waals surface area contributed by atoms with Crippen molar-refractivity contribution in [2.24, 2.45) is 5.73 Å². The molecule has 20 heavy (non-hydrogen) atoms. The van der Waals surface area contributed by atoms with Gasteiger partial charge in [-0.3, -0.25) is 4.79 Å². The smallest absolute Gasteiger partial charge is 0.293 e. The number of rotatable bonds is 2. The average molecular weight is 278 g/mol. The minimum Gasteiger partial charge on any atom is -0.348 e. The van der Waals surface area contributed by atoms with Crippen molar-refractivity contribution in [3.8, 4) is 0 Å². The molecule has 0 radical (unpaired) electrons. The van der Waals surface area contributed by atoms with Crippen LogP contribution in [-0.2, 0) is 5.54 Å². The van der Waals surface area contributed by atoms with Gasteiger partial charge in [-0.05, 0) is 33.6 Å². The monoisotopic (exact) mass is 278 g/mol.